The van der Waals surface area contributed by atoms with Crippen LogP contribution in [0.25, 0.3) is 0 Å². The van der Waals surface area contributed by atoms with Crippen molar-refractivity contribution in [3.63, 3.8) is 0 Å². The van der Waals surface area contributed by atoms with Crippen LogP contribution < -0.4 is 5.73 Å². The van der Waals surface area contributed by atoms with E-state index in [0.29, 0.717) is 12.4 Å². The molecule has 0 bridgehead atoms. The fraction of sp³-hybridized carbons (Fsp3) is 0.583. The zero-order chi connectivity index (χ0) is 12.5. The van der Waals surface area contributed by atoms with Crippen LogP contribution in [0.3, 0.4) is 0 Å². The van der Waals surface area contributed by atoms with Gasteiger partial charge in [0.25, 0.3) is 0 Å². The van der Waals surface area contributed by atoms with Crippen LogP contribution in [0.5, 0.6) is 0 Å². The summed E-state index contributed by atoms with van der Waals surface area (Å²) in [6, 6.07) is 0. The van der Waals surface area contributed by atoms with E-state index in [1.165, 1.54) is 6.21 Å². The second kappa shape index (κ2) is 8.24. The fourth-order valence-electron chi connectivity index (χ4n) is 0.498. The number of rotatable bonds is 5. The largest absolute Gasteiger partial charge is 0.491 e. The van der Waals surface area contributed by atoms with Gasteiger partial charge in [-0.1, -0.05) is 27.0 Å². The molecule has 0 radical (unpaired) electrons. The normalized spacial score (nSPS) is 10.5. The Labute approximate surface area is 93.7 Å². The highest BCUT2D eigenvalue weighted by atomic mass is 16.5. The quantitative estimate of drug-likeness (QED) is 0.562. The Hall–Kier alpha value is -1.09. The fourth-order valence-corrected chi connectivity index (χ4v) is 0.498. The highest BCUT2D eigenvalue weighted by Gasteiger charge is 2.10. The van der Waals surface area contributed by atoms with Gasteiger partial charge in [0.15, 0.2) is 0 Å². The monoisotopic (exact) mass is 212 g/mol. The van der Waals surface area contributed by atoms with E-state index in [2.05, 4.69) is 18.2 Å². The van der Waals surface area contributed by atoms with E-state index in [0.717, 1.165) is 5.70 Å². The third-order valence-corrected chi connectivity index (χ3v) is 1.06. The van der Waals surface area contributed by atoms with Crippen LogP contribution in [0.4, 0.5) is 0 Å². The summed E-state index contributed by atoms with van der Waals surface area (Å²) >= 11 is 0. The van der Waals surface area contributed by atoms with Crippen LogP contribution in [-0.4, -0.2) is 18.4 Å². The topological polar surface area (TPSA) is 47.6 Å². The molecule has 0 aromatic heterocycles. The summed E-state index contributed by atoms with van der Waals surface area (Å²) in [5.41, 5.74) is 6.08. The van der Waals surface area contributed by atoms with Gasteiger partial charge in [-0.25, -0.2) is 0 Å². The van der Waals surface area contributed by atoms with E-state index in [9.17, 15) is 0 Å². The second-order valence-corrected chi connectivity index (χ2v) is 3.74. The van der Waals surface area contributed by atoms with Crippen molar-refractivity contribution in [2.45, 2.75) is 40.2 Å². The van der Waals surface area contributed by atoms with Gasteiger partial charge in [0.1, 0.15) is 12.4 Å². The van der Waals surface area contributed by atoms with Crippen molar-refractivity contribution in [3.05, 3.63) is 24.6 Å². The van der Waals surface area contributed by atoms with Crippen molar-refractivity contribution in [2.24, 2.45) is 10.7 Å². The summed E-state index contributed by atoms with van der Waals surface area (Å²) in [6.45, 7) is 17.3. The molecule has 0 saturated heterocycles. The van der Waals surface area contributed by atoms with Crippen LogP contribution in [0, 0.1) is 0 Å². The molecule has 0 saturated carbocycles. The maximum atomic E-state index is 5.71. The smallest absolute Gasteiger partial charge is 0.130 e. The van der Waals surface area contributed by atoms with Crippen LogP contribution in [0.2, 0.25) is 0 Å². The third-order valence-electron chi connectivity index (χ3n) is 1.06. The molecular formula is C12H24N2O. The minimum Gasteiger partial charge on any atom is -0.491 e. The van der Waals surface area contributed by atoms with Gasteiger partial charge in [-0.2, -0.15) is 0 Å². The first-order valence-electron chi connectivity index (χ1n) is 5.11. The average Bonchev–Trinajstić information content (AvgIpc) is 2.13. The highest BCUT2D eigenvalue weighted by molar-refractivity contribution is 5.75. The van der Waals surface area contributed by atoms with E-state index in [1.54, 1.807) is 6.92 Å². The molecule has 0 atom stereocenters. The zero-order valence-electron chi connectivity index (χ0n) is 10.6. The summed E-state index contributed by atoms with van der Waals surface area (Å²) in [5.74, 6) is 0.501. The summed E-state index contributed by atoms with van der Waals surface area (Å²) in [4.78, 5) is 3.94. The Kier molecular flexibility index (Phi) is 8.98. The molecule has 0 heterocycles. The molecule has 0 unspecified atom stereocenters. The molecule has 3 nitrogen and oxygen atoms in total. The van der Waals surface area contributed by atoms with Gasteiger partial charge in [-0.3, -0.25) is 4.99 Å². The highest BCUT2D eigenvalue weighted by Crippen LogP contribution is 2.01. The number of nitrogens with zero attached hydrogens (tertiary/aromatic N) is 1. The molecule has 15 heavy (non-hydrogen) atoms. The SMILES string of the molecule is C=C(C)N=CC(=C)OCC(C)(C)N.CC. The average molecular weight is 212 g/mol. The van der Waals surface area contributed by atoms with Crippen LogP contribution in [-0.2, 0) is 4.74 Å². The first-order chi connectivity index (χ1) is 6.81. The Bertz CT molecular complexity index is 224. The molecule has 0 fully saturated rings. The molecule has 0 spiro atoms. The summed E-state index contributed by atoms with van der Waals surface area (Å²) < 4.78 is 5.25. The van der Waals surface area contributed by atoms with Gasteiger partial charge in [-0.05, 0) is 20.8 Å². The second-order valence-electron chi connectivity index (χ2n) is 3.74. The van der Waals surface area contributed by atoms with Crippen molar-refractivity contribution in [1.82, 2.24) is 0 Å². The zero-order valence-corrected chi connectivity index (χ0v) is 10.6. The predicted octanol–water partition coefficient (Wildman–Crippen LogP) is 2.88. The minimum absolute atomic E-state index is 0.347. The van der Waals surface area contributed by atoms with Gasteiger partial charge < -0.3 is 10.5 Å². The lowest BCUT2D eigenvalue weighted by molar-refractivity contribution is 0.178. The van der Waals surface area contributed by atoms with E-state index >= 15 is 0 Å². The molecule has 0 aromatic rings. The van der Waals surface area contributed by atoms with Crippen LogP contribution in [0.1, 0.15) is 34.6 Å². The van der Waals surface area contributed by atoms with Crippen LogP contribution in [0.15, 0.2) is 29.6 Å². The molecular weight excluding hydrogens is 188 g/mol. The number of aliphatic imine (C=N–C) groups is 1. The molecule has 0 amide bonds. The Morgan fingerprint density at radius 1 is 1.40 bits per heavy atom. The number of ether oxygens (including phenoxy) is 1. The predicted molar refractivity (Wildman–Crippen MR) is 68.0 cm³/mol. The molecule has 2 N–H and O–H groups in total. The van der Waals surface area contributed by atoms with E-state index in [-0.39, 0.29) is 5.54 Å². The van der Waals surface area contributed by atoms with Crippen molar-refractivity contribution >= 4 is 6.21 Å². The molecule has 0 aromatic carbocycles. The maximum absolute atomic E-state index is 5.71. The third kappa shape index (κ3) is 15.6. The van der Waals surface area contributed by atoms with Gasteiger partial charge in [0.05, 0.1) is 6.21 Å². The molecule has 0 aliphatic carbocycles. The maximum Gasteiger partial charge on any atom is 0.130 e. The Morgan fingerprint density at radius 3 is 2.20 bits per heavy atom. The molecule has 88 valence electrons. The first-order valence-corrected chi connectivity index (χ1v) is 5.11. The number of nitrogens with two attached hydrogens (primary N) is 1. The number of hydrogen-bond acceptors (Lipinski definition) is 3. The van der Waals surface area contributed by atoms with E-state index in [4.69, 9.17) is 10.5 Å². The summed E-state index contributed by atoms with van der Waals surface area (Å²) in [5, 5.41) is 0. The van der Waals surface area contributed by atoms with Crippen molar-refractivity contribution in [2.75, 3.05) is 6.61 Å². The minimum atomic E-state index is -0.347. The summed E-state index contributed by atoms with van der Waals surface area (Å²) in [6.07, 6.45) is 1.54. The van der Waals surface area contributed by atoms with E-state index < -0.39 is 0 Å². The summed E-state index contributed by atoms with van der Waals surface area (Å²) in [7, 11) is 0. The molecule has 3 heteroatoms. The standard InChI is InChI=1S/C10H18N2O.C2H6/c1-8(2)12-6-9(3)13-7-10(4,5)11;1-2/h6H,1,3,7,11H2,2,4-5H3;1-2H3. The van der Waals surface area contributed by atoms with E-state index in [1.807, 2.05) is 27.7 Å². The van der Waals surface area contributed by atoms with Gasteiger partial charge in [0, 0.05) is 11.2 Å². The lowest BCUT2D eigenvalue weighted by Crippen LogP contribution is -2.37. The first kappa shape index (κ1) is 16.3. The van der Waals surface area contributed by atoms with Crippen molar-refractivity contribution in [3.8, 4) is 0 Å². The molecule has 0 rings (SSSR count). The lowest BCUT2D eigenvalue weighted by Gasteiger charge is -2.18. The number of hydrogen-bond donors (Lipinski definition) is 1. The van der Waals surface area contributed by atoms with Crippen LogP contribution >= 0.6 is 0 Å². The number of allylic oxidation sites excluding steroid dienone is 2. The van der Waals surface area contributed by atoms with Gasteiger partial charge in [-0.15, -0.1) is 0 Å². The van der Waals surface area contributed by atoms with Crippen molar-refractivity contribution in [1.29, 1.82) is 0 Å². The molecule has 0 aliphatic rings. The van der Waals surface area contributed by atoms with Gasteiger partial charge in [0.2, 0.25) is 0 Å². The molecule has 0 aliphatic heterocycles. The lowest BCUT2D eigenvalue weighted by atomic mass is 10.1. The van der Waals surface area contributed by atoms with Gasteiger partial charge >= 0.3 is 0 Å². The van der Waals surface area contributed by atoms with Crippen molar-refractivity contribution < 1.29 is 4.74 Å². The Morgan fingerprint density at radius 2 is 1.87 bits per heavy atom. The Balaban J connectivity index is 0.